The Morgan fingerprint density at radius 1 is 1.21 bits per heavy atom. The van der Waals surface area contributed by atoms with Gasteiger partial charge >= 0.3 is 0 Å². The summed E-state index contributed by atoms with van der Waals surface area (Å²) >= 11 is 0. The lowest BCUT2D eigenvalue weighted by Crippen LogP contribution is -2.39. The van der Waals surface area contributed by atoms with E-state index in [0.29, 0.717) is 24.6 Å². The van der Waals surface area contributed by atoms with Crippen LogP contribution in [0.2, 0.25) is 0 Å². The van der Waals surface area contributed by atoms with Crippen LogP contribution >= 0.6 is 0 Å². The Labute approximate surface area is 173 Å². The van der Waals surface area contributed by atoms with Crippen LogP contribution in [0.4, 0.5) is 0 Å². The summed E-state index contributed by atoms with van der Waals surface area (Å²) in [7, 11) is 3.50. The number of guanidine groups is 1. The van der Waals surface area contributed by atoms with Gasteiger partial charge in [-0.25, -0.2) is 0 Å². The van der Waals surface area contributed by atoms with Gasteiger partial charge in [-0.15, -0.1) is 0 Å². The van der Waals surface area contributed by atoms with Crippen molar-refractivity contribution in [3.8, 4) is 5.75 Å². The van der Waals surface area contributed by atoms with Crippen LogP contribution in [0.15, 0.2) is 53.5 Å². The van der Waals surface area contributed by atoms with E-state index in [-0.39, 0.29) is 5.91 Å². The maximum absolute atomic E-state index is 12.0. The molecule has 1 unspecified atom stereocenters. The second kappa shape index (κ2) is 9.96. The van der Waals surface area contributed by atoms with Crippen molar-refractivity contribution in [2.24, 2.45) is 4.99 Å². The Hall–Kier alpha value is -3.02. The first-order chi connectivity index (χ1) is 14.1. The second-order valence-corrected chi connectivity index (χ2v) is 7.17. The molecule has 0 aromatic heterocycles. The molecule has 1 aliphatic heterocycles. The summed E-state index contributed by atoms with van der Waals surface area (Å²) in [4.78, 5) is 18.8. The van der Waals surface area contributed by atoms with Crippen LogP contribution in [0.3, 0.4) is 0 Å². The summed E-state index contributed by atoms with van der Waals surface area (Å²) in [5.41, 5.74) is 3.07. The molecule has 0 radical (unpaired) electrons. The van der Waals surface area contributed by atoms with Crippen molar-refractivity contribution >= 4 is 11.9 Å². The topological polar surface area (TPSA) is 66.0 Å². The third kappa shape index (κ3) is 5.28. The Morgan fingerprint density at radius 3 is 2.69 bits per heavy atom. The molecule has 0 bridgehead atoms. The number of amides is 1. The van der Waals surface area contributed by atoms with Crippen molar-refractivity contribution in [1.29, 1.82) is 0 Å². The highest BCUT2D eigenvalue weighted by Gasteiger charge is 2.26. The zero-order valence-electron chi connectivity index (χ0n) is 17.4. The molecular weight excluding hydrogens is 364 g/mol. The third-order valence-electron chi connectivity index (χ3n) is 5.26. The minimum Gasteiger partial charge on any atom is -0.497 e. The SMILES string of the molecule is CCNC(=O)c1cccc(CNC(=NC)N2CCC(c3ccc(OC)cc3)C2)c1. The first-order valence-corrected chi connectivity index (χ1v) is 10.1. The van der Waals surface area contributed by atoms with Crippen LogP contribution in [0.1, 0.15) is 40.7 Å². The molecule has 6 heteroatoms. The van der Waals surface area contributed by atoms with Gasteiger partial charge in [0.25, 0.3) is 5.91 Å². The minimum atomic E-state index is -0.0411. The molecule has 29 heavy (non-hydrogen) atoms. The van der Waals surface area contributed by atoms with Gasteiger partial charge in [-0.2, -0.15) is 0 Å². The fourth-order valence-electron chi connectivity index (χ4n) is 3.70. The van der Waals surface area contributed by atoms with Gasteiger partial charge in [0.2, 0.25) is 0 Å². The summed E-state index contributed by atoms with van der Waals surface area (Å²) in [6.45, 7) is 5.07. The average molecular weight is 395 g/mol. The number of ether oxygens (including phenoxy) is 1. The summed E-state index contributed by atoms with van der Waals surface area (Å²) in [6.07, 6.45) is 1.10. The Bertz CT molecular complexity index is 848. The van der Waals surface area contributed by atoms with E-state index in [1.54, 1.807) is 7.11 Å². The summed E-state index contributed by atoms with van der Waals surface area (Å²) < 4.78 is 5.25. The molecule has 0 spiro atoms. The number of nitrogens with one attached hydrogen (secondary N) is 2. The lowest BCUT2D eigenvalue weighted by molar-refractivity contribution is 0.0955. The van der Waals surface area contributed by atoms with Crippen LogP contribution < -0.4 is 15.4 Å². The molecule has 1 aliphatic rings. The maximum Gasteiger partial charge on any atom is 0.251 e. The van der Waals surface area contributed by atoms with E-state index in [4.69, 9.17) is 4.74 Å². The van der Waals surface area contributed by atoms with E-state index in [9.17, 15) is 4.79 Å². The standard InChI is InChI=1S/C23H30N4O2/c1-4-25-22(28)19-7-5-6-17(14-19)15-26-23(24-2)27-13-12-20(16-27)18-8-10-21(29-3)11-9-18/h5-11,14,20H,4,12-13,15-16H2,1-3H3,(H,24,26)(H,25,28). The molecule has 1 heterocycles. The Balaban J connectivity index is 1.58. The van der Waals surface area contributed by atoms with Gasteiger partial charge in [0.1, 0.15) is 5.75 Å². The molecule has 1 amide bonds. The fourth-order valence-corrected chi connectivity index (χ4v) is 3.70. The van der Waals surface area contributed by atoms with E-state index in [0.717, 1.165) is 36.8 Å². The first-order valence-electron chi connectivity index (χ1n) is 10.1. The van der Waals surface area contributed by atoms with Gasteiger partial charge in [-0.1, -0.05) is 24.3 Å². The van der Waals surface area contributed by atoms with E-state index < -0.39 is 0 Å². The van der Waals surface area contributed by atoms with Gasteiger partial charge in [0.15, 0.2) is 5.96 Å². The number of rotatable bonds is 6. The molecule has 2 aromatic rings. The van der Waals surface area contributed by atoms with Crippen LogP contribution in [0.25, 0.3) is 0 Å². The highest BCUT2D eigenvalue weighted by atomic mass is 16.5. The Morgan fingerprint density at radius 2 is 2.00 bits per heavy atom. The number of carbonyl (C=O) groups excluding carboxylic acids is 1. The molecule has 0 aliphatic carbocycles. The van der Waals surface area contributed by atoms with E-state index >= 15 is 0 Å². The molecule has 154 valence electrons. The van der Waals surface area contributed by atoms with Gasteiger partial charge in [0, 0.05) is 44.7 Å². The zero-order chi connectivity index (χ0) is 20.6. The number of hydrogen-bond donors (Lipinski definition) is 2. The predicted molar refractivity (Wildman–Crippen MR) is 117 cm³/mol. The highest BCUT2D eigenvalue weighted by molar-refractivity contribution is 5.94. The monoisotopic (exact) mass is 394 g/mol. The number of benzene rings is 2. The molecule has 1 atom stereocenters. The van der Waals surface area contributed by atoms with E-state index in [1.165, 1.54) is 5.56 Å². The van der Waals surface area contributed by atoms with Crippen LogP contribution in [-0.4, -0.2) is 50.6 Å². The smallest absolute Gasteiger partial charge is 0.251 e. The molecule has 2 N–H and O–H groups in total. The first kappa shape index (κ1) is 20.7. The molecule has 2 aromatic carbocycles. The molecule has 0 saturated carbocycles. The van der Waals surface area contributed by atoms with Crippen molar-refractivity contribution in [2.45, 2.75) is 25.8 Å². The average Bonchev–Trinajstić information content (AvgIpc) is 3.25. The number of nitrogens with zero attached hydrogens (tertiary/aromatic N) is 2. The zero-order valence-corrected chi connectivity index (χ0v) is 17.4. The number of carbonyl (C=O) groups is 1. The normalized spacial score (nSPS) is 16.6. The quantitative estimate of drug-likeness (QED) is 0.584. The summed E-state index contributed by atoms with van der Waals surface area (Å²) in [6, 6.07) is 16.0. The van der Waals surface area contributed by atoms with E-state index in [2.05, 4.69) is 32.7 Å². The van der Waals surface area contributed by atoms with Crippen molar-refractivity contribution in [1.82, 2.24) is 15.5 Å². The predicted octanol–water partition coefficient (Wildman–Crippen LogP) is 3.01. The maximum atomic E-state index is 12.0. The molecule has 1 fully saturated rings. The molecular formula is C23H30N4O2. The van der Waals surface area contributed by atoms with Crippen LogP contribution in [-0.2, 0) is 6.54 Å². The van der Waals surface area contributed by atoms with Gasteiger partial charge in [0.05, 0.1) is 7.11 Å². The number of methoxy groups -OCH3 is 1. The van der Waals surface area contributed by atoms with Gasteiger partial charge < -0.3 is 20.3 Å². The number of likely N-dealkylation sites (tertiary alicyclic amines) is 1. The largest absolute Gasteiger partial charge is 0.497 e. The van der Waals surface area contributed by atoms with Crippen molar-refractivity contribution in [3.05, 3.63) is 65.2 Å². The fraction of sp³-hybridized carbons (Fsp3) is 0.391. The van der Waals surface area contributed by atoms with Crippen LogP contribution in [0.5, 0.6) is 5.75 Å². The van der Waals surface area contributed by atoms with Crippen LogP contribution in [0, 0.1) is 0 Å². The van der Waals surface area contributed by atoms with Gasteiger partial charge in [-0.3, -0.25) is 9.79 Å². The lowest BCUT2D eigenvalue weighted by Gasteiger charge is -2.22. The third-order valence-corrected chi connectivity index (χ3v) is 5.26. The Kier molecular flexibility index (Phi) is 7.11. The molecule has 6 nitrogen and oxygen atoms in total. The minimum absolute atomic E-state index is 0.0411. The number of hydrogen-bond acceptors (Lipinski definition) is 3. The van der Waals surface area contributed by atoms with Crippen molar-refractivity contribution < 1.29 is 9.53 Å². The molecule has 3 rings (SSSR count). The van der Waals surface area contributed by atoms with Crippen molar-refractivity contribution in [2.75, 3.05) is 33.8 Å². The van der Waals surface area contributed by atoms with Gasteiger partial charge in [-0.05, 0) is 48.7 Å². The second-order valence-electron chi connectivity index (χ2n) is 7.17. The van der Waals surface area contributed by atoms with Crippen molar-refractivity contribution in [3.63, 3.8) is 0 Å². The number of aliphatic imine (C=N–C) groups is 1. The highest BCUT2D eigenvalue weighted by Crippen LogP contribution is 2.28. The van der Waals surface area contributed by atoms with E-state index in [1.807, 2.05) is 50.4 Å². The summed E-state index contributed by atoms with van der Waals surface area (Å²) in [5, 5.41) is 6.28. The molecule has 1 saturated heterocycles. The lowest BCUT2D eigenvalue weighted by atomic mass is 9.98. The summed E-state index contributed by atoms with van der Waals surface area (Å²) in [5.74, 6) is 2.22.